The van der Waals surface area contributed by atoms with E-state index in [0.29, 0.717) is 0 Å². The second-order valence-corrected chi connectivity index (χ2v) is 4.29. The Morgan fingerprint density at radius 2 is 2.17 bits per heavy atom. The number of anilines is 2. The van der Waals surface area contributed by atoms with Crippen LogP contribution in [0.4, 0.5) is 24.9 Å². The zero-order valence-electron chi connectivity index (χ0n) is 9.28. The highest BCUT2D eigenvalue weighted by atomic mass is 19.3. The van der Waals surface area contributed by atoms with Gasteiger partial charge in [0.15, 0.2) is 5.82 Å². The number of fused-ring (bicyclic) bond motifs is 1. The smallest absolute Gasteiger partial charge is 0.266 e. The van der Waals surface area contributed by atoms with Gasteiger partial charge in [0.05, 0.1) is 12.7 Å². The molecule has 1 aliphatic heterocycles. The van der Waals surface area contributed by atoms with E-state index in [2.05, 4.69) is 10.1 Å². The number of hydrogen-bond donors (Lipinski definition) is 1. The summed E-state index contributed by atoms with van der Waals surface area (Å²) in [5.74, 6) is -3.07. The predicted molar refractivity (Wildman–Crippen MR) is 59.1 cm³/mol. The zero-order valence-corrected chi connectivity index (χ0v) is 9.28. The molecule has 18 heavy (non-hydrogen) atoms. The van der Waals surface area contributed by atoms with Crippen LogP contribution in [-0.2, 0) is 0 Å². The third-order valence-corrected chi connectivity index (χ3v) is 2.96. The van der Waals surface area contributed by atoms with Crippen LogP contribution in [0, 0.1) is 5.82 Å². The van der Waals surface area contributed by atoms with Gasteiger partial charge in [0.25, 0.3) is 5.92 Å². The van der Waals surface area contributed by atoms with E-state index in [0.717, 1.165) is 0 Å². The van der Waals surface area contributed by atoms with E-state index >= 15 is 0 Å². The quantitative estimate of drug-likeness (QED) is 0.836. The number of aromatic nitrogens is 3. The zero-order chi connectivity index (χ0) is 12.9. The summed E-state index contributed by atoms with van der Waals surface area (Å²) in [5.41, 5.74) is 5.54. The maximum atomic E-state index is 13.6. The lowest BCUT2D eigenvalue weighted by Crippen LogP contribution is -2.26. The van der Waals surface area contributed by atoms with Crippen molar-refractivity contribution in [2.24, 2.45) is 0 Å². The second-order valence-electron chi connectivity index (χ2n) is 4.29. The molecule has 0 radical (unpaired) electrons. The SMILES string of the molecule is Nc1ncc2c(F)cc(N3CCC(F)(F)C3)n2n1. The molecule has 0 aromatic carbocycles. The van der Waals surface area contributed by atoms with Crippen molar-refractivity contribution >= 4 is 17.3 Å². The lowest BCUT2D eigenvalue weighted by atomic mass is 10.3. The molecule has 0 atom stereocenters. The van der Waals surface area contributed by atoms with Crippen LogP contribution < -0.4 is 10.6 Å². The summed E-state index contributed by atoms with van der Waals surface area (Å²) >= 11 is 0. The molecular weight excluding hydrogens is 247 g/mol. The van der Waals surface area contributed by atoms with Crippen LogP contribution in [-0.4, -0.2) is 33.6 Å². The van der Waals surface area contributed by atoms with Crippen LogP contribution in [0.2, 0.25) is 0 Å². The van der Waals surface area contributed by atoms with Gasteiger partial charge in [0.1, 0.15) is 11.3 Å². The van der Waals surface area contributed by atoms with Crippen molar-refractivity contribution in [3.63, 3.8) is 0 Å². The number of rotatable bonds is 1. The molecule has 0 unspecified atom stereocenters. The van der Waals surface area contributed by atoms with Crippen molar-refractivity contribution in [1.82, 2.24) is 14.6 Å². The fourth-order valence-corrected chi connectivity index (χ4v) is 2.11. The first-order chi connectivity index (χ1) is 8.46. The van der Waals surface area contributed by atoms with E-state index in [1.807, 2.05) is 0 Å². The first-order valence-electron chi connectivity index (χ1n) is 5.39. The third-order valence-electron chi connectivity index (χ3n) is 2.96. The first-order valence-corrected chi connectivity index (χ1v) is 5.39. The molecule has 0 bridgehead atoms. The monoisotopic (exact) mass is 257 g/mol. The molecule has 96 valence electrons. The van der Waals surface area contributed by atoms with Crippen molar-refractivity contribution in [2.45, 2.75) is 12.3 Å². The molecule has 3 rings (SSSR count). The van der Waals surface area contributed by atoms with Gasteiger partial charge in [-0.25, -0.2) is 22.7 Å². The van der Waals surface area contributed by atoms with Gasteiger partial charge < -0.3 is 10.6 Å². The normalized spacial score (nSPS) is 18.7. The molecule has 3 heterocycles. The predicted octanol–water partition coefficient (Wildman–Crippen LogP) is 1.30. The number of hydrogen-bond acceptors (Lipinski definition) is 4. The largest absolute Gasteiger partial charge is 0.367 e. The molecule has 8 heteroatoms. The second kappa shape index (κ2) is 3.50. The molecular formula is C10H10F3N5. The minimum absolute atomic E-state index is 0.0368. The van der Waals surface area contributed by atoms with Gasteiger partial charge in [-0.15, -0.1) is 5.10 Å². The Hall–Kier alpha value is -1.99. The summed E-state index contributed by atoms with van der Waals surface area (Å²) in [6, 6.07) is 1.17. The van der Waals surface area contributed by atoms with Gasteiger partial charge in [-0.2, -0.15) is 0 Å². The minimum Gasteiger partial charge on any atom is -0.367 e. The van der Waals surface area contributed by atoms with Crippen molar-refractivity contribution in [3.8, 4) is 0 Å². The number of nitrogen functional groups attached to an aromatic ring is 1. The highest BCUT2D eigenvalue weighted by Crippen LogP contribution is 2.32. The summed E-state index contributed by atoms with van der Waals surface area (Å²) in [7, 11) is 0. The van der Waals surface area contributed by atoms with E-state index < -0.39 is 18.3 Å². The fraction of sp³-hybridized carbons (Fsp3) is 0.400. The van der Waals surface area contributed by atoms with Crippen LogP contribution in [0.25, 0.3) is 5.52 Å². The van der Waals surface area contributed by atoms with Crippen molar-refractivity contribution in [2.75, 3.05) is 23.7 Å². The number of nitrogens with two attached hydrogens (primary N) is 1. The summed E-state index contributed by atoms with van der Waals surface area (Å²) in [4.78, 5) is 5.07. The van der Waals surface area contributed by atoms with Crippen molar-refractivity contribution in [1.29, 1.82) is 0 Å². The molecule has 1 aliphatic rings. The number of alkyl halides is 2. The summed E-state index contributed by atoms with van der Waals surface area (Å²) in [6.45, 7) is -0.287. The lowest BCUT2D eigenvalue weighted by Gasteiger charge is -2.16. The average Bonchev–Trinajstić information content (AvgIpc) is 2.80. The Balaban J connectivity index is 2.10. The fourth-order valence-electron chi connectivity index (χ4n) is 2.11. The van der Waals surface area contributed by atoms with Gasteiger partial charge in [-0.1, -0.05) is 0 Å². The van der Waals surface area contributed by atoms with Crippen LogP contribution >= 0.6 is 0 Å². The van der Waals surface area contributed by atoms with Gasteiger partial charge in [-0.3, -0.25) is 0 Å². The summed E-state index contributed by atoms with van der Waals surface area (Å²) in [6.07, 6.45) is 0.984. The van der Waals surface area contributed by atoms with Crippen LogP contribution in [0.1, 0.15) is 6.42 Å². The highest BCUT2D eigenvalue weighted by molar-refractivity contribution is 5.59. The average molecular weight is 257 g/mol. The Kier molecular flexibility index (Phi) is 2.16. The Bertz CT molecular complexity index is 609. The molecule has 2 aromatic rings. The topological polar surface area (TPSA) is 59.5 Å². The van der Waals surface area contributed by atoms with Gasteiger partial charge >= 0.3 is 0 Å². The van der Waals surface area contributed by atoms with E-state index in [9.17, 15) is 13.2 Å². The van der Waals surface area contributed by atoms with E-state index in [1.165, 1.54) is 21.7 Å². The van der Waals surface area contributed by atoms with E-state index in [4.69, 9.17) is 5.73 Å². The molecule has 0 amide bonds. The maximum absolute atomic E-state index is 13.6. The van der Waals surface area contributed by atoms with Crippen LogP contribution in [0.15, 0.2) is 12.3 Å². The van der Waals surface area contributed by atoms with Gasteiger partial charge in [0, 0.05) is 19.0 Å². The Morgan fingerprint density at radius 1 is 1.39 bits per heavy atom. The van der Waals surface area contributed by atoms with Crippen LogP contribution in [0.3, 0.4) is 0 Å². The minimum atomic E-state index is -2.75. The summed E-state index contributed by atoms with van der Waals surface area (Å²) < 4.78 is 41.2. The Labute approximate surface area is 100 Å². The van der Waals surface area contributed by atoms with Crippen molar-refractivity contribution in [3.05, 3.63) is 18.1 Å². The maximum Gasteiger partial charge on any atom is 0.266 e. The highest BCUT2D eigenvalue weighted by Gasteiger charge is 2.39. The van der Waals surface area contributed by atoms with Crippen LogP contribution in [0.5, 0.6) is 0 Å². The Morgan fingerprint density at radius 3 is 2.83 bits per heavy atom. The van der Waals surface area contributed by atoms with E-state index in [1.54, 1.807) is 0 Å². The van der Waals surface area contributed by atoms with Crippen molar-refractivity contribution < 1.29 is 13.2 Å². The number of nitrogens with zero attached hydrogens (tertiary/aromatic N) is 4. The van der Waals surface area contributed by atoms with Gasteiger partial charge in [0.2, 0.25) is 5.95 Å². The molecule has 0 saturated carbocycles. The van der Waals surface area contributed by atoms with Gasteiger partial charge in [-0.05, 0) is 0 Å². The molecule has 5 nitrogen and oxygen atoms in total. The first kappa shape index (κ1) is 11.1. The van der Waals surface area contributed by atoms with E-state index in [-0.39, 0.29) is 30.2 Å². The summed E-state index contributed by atoms with van der Waals surface area (Å²) in [5, 5.41) is 3.85. The third kappa shape index (κ3) is 1.64. The molecule has 0 spiro atoms. The molecule has 1 fully saturated rings. The molecule has 1 saturated heterocycles. The standard InChI is InChI=1S/C10H10F3N5/c11-6-3-8(17-2-1-10(12,13)5-17)18-7(6)4-15-9(14)16-18/h3-4H,1-2,5H2,(H2,14,16). The molecule has 2 N–H and O–H groups in total. The molecule has 0 aliphatic carbocycles. The lowest BCUT2D eigenvalue weighted by molar-refractivity contribution is 0.0256. The number of halogens is 3. The molecule has 2 aromatic heterocycles.